The van der Waals surface area contributed by atoms with E-state index < -0.39 is 12.0 Å². The van der Waals surface area contributed by atoms with E-state index in [-0.39, 0.29) is 12.2 Å². The molecule has 0 aliphatic carbocycles. The molecule has 3 N–H and O–H groups in total. The molecule has 0 fully saturated rings. The third kappa shape index (κ3) is 9.44. The number of esters is 1. The van der Waals surface area contributed by atoms with Gasteiger partial charge in [-0.2, -0.15) is 0 Å². The Bertz CT molecular complexity index is 515. The Hall–Kier alpha value is -2.18. The summed E-state index contributed by atoms with van der Waals surface area (Å²) in [6.45, 7) is 6.91. The summed E-state index contributed by atoms with van der Waals surface area (Å²) >= 11 is 0. The molecule has 0 aliphatic rings. The molecule has 6 heteroatoms. The SMILES string of the molecule is C=C(C)C(=O)OC(C)N(C)C.NC(Cc1ccccc1)C(=O)O. The third-order valence-electron chi connectivity index (χ3n) is 2.97. The van der Waals surface area contributed by atoms with Crippen LogP contribution < -0.4 is 5.73 Å². The fourth-order valence-corrected chi connectivity index (χ4v) is 1.32. The molecule has 1 aromatic rings. The Morgan fingerprint density at radius 2 is 1.83 bits per heavy atom. The Labute approximate surface area is 137 Å². The van der Waals surface area contributed by atoms with E-state index in [1.54, 1.807) is 18.7 Å². The van der Waals surface area contributed by atoms with Crippen LogP contribution in [0.4, 0.5) is 0 Å². The van der Waals surface area contributed by atoms with Crippen LogP contribution in [0.25, 0.3) is 0 Å². The normalized spacial score (nSPS) is 12.6. The van der Waals surface area contributed by atoms with Crippen LogP contribution in [-0.4, -0.2) is 48.3 Å². The highest BCUT2D eigenvalue weighted by Crippen LogP contribution is 2.01. The number of carbonyl (C=O) groups is 2. The van der Waals surface area contributed by atoms with Crippen molar-refractivity contribution in [1.29, 1.82) is 0 Å². The Balaban J connectivity index is 0.000000423. The van der Waals surface area contributed by atoms with Gasteiger partial charge < -0.3 is 15.6 Å². The molecule has 1 rings (SSSR count). The number of aliphatic carboxylic acids is 1. The lowest BCUT2D eigenvalue weighted by Gasteiger charge is -2.19. The van der Waals surface area contributed by atoms with Crippen molar-refractivity contribution in [2.24, 2.45) is 5.73 Å². The minimum absolute atomic E-state index is 0.195. The van der Waals surface area contributed by atoms with Crippen molar-refractivity contribution in [2.75, 3.05) is 14.1 Å². The predicted octanol–water partition coefficient (Wildman–Crippen LogP) is 1.65. The van der Waals surface area contributed by atoms with Crippen molar-refractivity contribution in [1.82, 2.24) is 4.90 Å². The Morgan fingerprint density at radius 3 is 2.22 bits per heavy atom. The van der Waals surface area contributed by atoms with Gasteiger partial charge in [0.05, 0.1) is 0 Å². The van der Waals surface area contributed by atoms with Crippen molar-refractivity contribution < 1.29 is 19.4 Å². The van der Waals surface area contributed by atoms with Gasteiger partial charge in [0.1, 0.15) is 6.04 Å². The molecule has 0 heterocycles. The summed E-state index contributed by atoms with van der Waals surface area (Å²) in [5, 5.41) is 8.52. The third-order valence-corrected chi connectivity index (χ3v) is 2.97. The first-order valence-corrected chi connectivity index (χ1v) is 7.20. The maximum atomic E-state index is 10.9. The topological polar surface area (TPSA) is 92.9 Å². The van der Waals surface area contributed by atoms with Gasteiger partial charge >= 0.3 is 11.9 Å². The van der Waals surface area contributed by atoms with Crippen molar-refractivity contribution >= 4 is 11.9 Å². The standard InChI is InChI=1S/C9H11NO2.C8H15NO2/c10-8(9(11)12)6-7-4-2-1-3-5-7;1-6(2)8(10)11-7(3)9(4)5/h1-5,8H,6,10H2,(H,11,12);7H,1H2,2-5H3. The predicted molar refractivity (Wildman–Crippen MR) is 89.8 cm³/mol. The number of nitrogens with zero attached hydrogens (tertiary/aromatic N) is 1. The molecule has 0 bridgehead atoms. The summed E-state index contributed by atoms with van der Waals surface area (Å²) in [7, 11) is 3.69. The lowest BCUT2D eigenvalue weighted by Crippen LogP contribution is -2.32. The molecule has 6 nitrogen and oxygen atoms in total. The van der Waals surface area contributed by atoms with E-state index in [2.05, 4.69) is 6.58 Å². The molecule has 1 aromatic carbocycles. The molecule has 0 saturated heterocycles. The van der Waals surface area contributed by atoms with E-state index in [0.29, 0.717) is 12.0 Å². The van der Waals surface area contributed by atoms with Gasteiger partial charge in [0, 0.05) is 5.57 Å². The average molecular weight is 322 g/mol. The van der Waals surface area contributed by atoms with Gasteiger partial charge in [-0.3, -0.25) is 9.69 Å². The second-order valence-corrected chi connectivity index (χ2v) is 5.38. The summed E-state index contributed by atoms with van der Waals surface area (Å²) in [4.78, 5) is 23.1. The van der Waals surface area contributed by atoms with Crippen LogP contribution in [-0.2, 0) is 20.7 Å². The van der Waals surface area contributed by atoms with Crippen LogP contribution in [0.15, 0.2) is 42.5 Å². The first-order chi connectivity index (χ1) is 10.6. The summed E-state index contributed by atoms with van der Waals surface area (Å²) in [6.07, 6.45) is 0.190. The second-order valence-electron chi connectivity index (χ2n) is 5.38. The smallest absolute Gasteiger partial charge is 0.334 e. The average Bonchev–Trinajstić information content (AvgIpc) is 2.48. The number of ether oxygens (including phenoxy) is 1. The van der Waals surface area contributed by atoms with Crippen molar-refractivity contribution in [3.63, 3.8) is 0 Å². The fourth-order valence-electron chi connectivity index (χ4n) is 1.32. The summed E-state index contributed by atoms with van der Waals surface area (Å²) in [5.74, 6) is -1.30. The fraction of sp³-hybridized carbons (Fsp3) is 0.412. The van der Waals surface area contributed by atoms with Crippen LogP contribution in [0.2, 0.25) is 0 Å². The molecule has 0 aromatic heterocycles. The number of hydrogen-bond acceptors (Lipinski definition) is 5. The Morgan fingerprint density at radius 1 is 1.30 bits per heavy atom. The lowest BCUT2D eigenvalue weighted by molar-refractivity contribution is -0.150. The van der Waals surface area contributed by atoms with E-state index in [9.17, 15) is 9.59 Å². The van der Waals surface area contributed by atoms with Crippen molar-refractivity contribution in [3.05, 3.63) is 48.0 Å². The second kappa shape index (κ2) is 10.5. The number of nitrogens with two attached hydrogens (primary N) is 1. The molecule has 128 valence electrons. The first kappa shape index (κ1) is 20.8. The molecule has 0 radical (unpaired) electrons. The van der Waals surface area contributed by atoms with Crippen LogP contribution in [0.1, 0.15) is 19.4 Å². The molecule has 0 amide bonds. The molecular weight excluding hydrogens is 296 g/mol. The van der Waals surface area contributed by atoms with Gasteiger partial charge in [-0.05, 0) is 39.9 Å². The largest absolute Gasteiger partial charge is 0.480 e. The zero-order valence-corrected chi connectivity index (χ0v) is 14.2. The van der Waals surface area contributed by atoms with Crippen LogP contribution >= 0.6 is 0 Å². The zero-order chi connectivity index (χ0) is 18.0. The molecule has 2 atom stereocenters. The molecule has 2 unspecified atom stereocenters. The number of carboxylic acid groups (broad SMARTS) is 1. The molecular formula is C17H26N2O4. The number of hydrogen-bond donors (Lipinski definition) is 2. The highest BCUT2D eigenvalue weighted by molar-refractivity contribution is 5.87. The van der Waals surface area contributed by atoms with Crippen molar-refractivity contribution in [3.8, 4) is 0 Å². The number of carbonyl (C=O) groups excluding carboxylic acids is 1. The van der Waals surface area contributed by atoms with Gasteiger partial charge in [0.25, 0.3) is 0 Å². The van der Waals surface area contributed by atoms with E-state index >= 15 is 0 Å². The van der Waals surface area contributed by atoms with Gasteiger partial charge in [0.2, 0.25) is 0 Å². The van der Waals surface area contributed by atoms with Gasteiger partial charge in [-0.1, -0.05) is 36.9 Å². The molecule has 23 heavy (non-hydrogen) atoms. The highest BCUT2D eigenvalue weighted by Gasteiger charge is 2.11. The quantitative estimate of drug-likeness (QED) is 0.470. The van der Waals surface area contributed by atoms with Crippen molar-refractivity contribution in [2.45, 2.75) is 32.5 Å². The molecule has 0 aliphatic heterocycles. The summed E-state index contributed by atoms with van der Waals surface area (Å²) < 4.78 is 4.96. The molecule has 0 spiro atoms. The Kier molecular flexibility index (Phi) is 9.53. The number of carboxylic acids is 1. The van der Waals surface area contributed by atoms with Crippen LogP contribution in [0.5, 0.6) is 0 Å². The summed E-state index contributed by atoms with van der Waals surface area (Å²) in [6, 6.07) is 8.54. The highest BCUT2D eigenvalue weighted by atomic mass is 16.6. The van der Waals surface area contributed by atoms with E-state index in [1.165, 1.54) is 0 Å². The number of benzene rings is 1. The number of rotatable bonds is 6. The monoisotopic (exact) mass is 322 g/mol. The maximum Gasteiger partial charge on any atom is 0.334 e. The van der Waals surface area contributed by atoms with E-state index in [4.69, 9.17) is 15.6 Å². The first-order valence-electron chi connectivity index (χ1n) is 7.20. The van der Waals surface area contributed by atoms with E-state index in [1.807, 2.05) is 44.4 Å². The van der Waals surface area contributed by atoms with Crippen LogP contribution in [0.3, 0.4) is 0 Å². The van der Waals surface area contributed by atoms with Gasteiger partial charge in [-0.25, -0.2) is 4.79 Å². The summed E-state index contributed by atoms with van der Waals surface area (Å²) in [5.41, 5.74) is 6.73. The minimum Gasteiger partial charge on any atom is -0.480 e. The molecule has 0 saturated carbocycles. The lowest BCUT2D eigenvalue weighted by atomic mass is 10.1. The van der Waals surface area contributed by atoms with E-state index in [0.717, 1.165) is 5.56 Å². The maximum absolute atomic E-state index is 10.9. The van der Waals surface area contributed by atoms with Gasteiger partial charge in [0.15, 0.2) is 6.23 Å². The minimum atomic E-state index is -0.959. The zero-order valence-electron chi connectivity index (χ0n) is 14.2. The van der Waals surface area contributed by atoms with Crippen LogP contribution in [0, 0.1) is 0 Å². The van der Waals surface area contributed by atoms with Gasteiger partial charge in [-0.15, -0.1) is 0 Å².